The first-order valence-electron chi connectivity index (χ1n) is 8.88. The molecule has 0 unspecified atom stereocenters. The number of benzene rings is 3. The quantitative estimate of drug-likeness (QED) is 0.500. The van der Waals surface area contributed by atoms with E-state index in [2.05, 4.69) is 4.74 Å². The van der Waals surface area contributed by atoms with Crippen molar-refractivity contribution in [2.24, 2.45) is 0 Å². The van der Waals surface area contributed by atoms with Crippen molar-refractivity contribution < 1.29 is 27.1 Å². The van der Waals surface area contributed by atoms with E-state index in [0.717, 1.165) is 0 Å². The molecule has 3 rings (SSSR count). The van der Waals surface area contributed by atoms with Crippen molar-refractivity contribution in [1.29, 1.82) is 0 Å². The molecule has 0 amide bonds. The number of carbonyl (C=O) groups excluding carboxylic acids is 1. The molecule has 0 saturated carbocycles. The van der Waals surface area contributed by atoms with Gasteiger partial charge in [-0.15, -0.1) is 0 Å². The van der Waals surface area contributed by atoms with Gasteiger partial charge in [-0.25, -0.2) is 17.6 Å². The highest BCUT2D eigenvalue weighted by Crippen LogP contribution is 2.36. The van der Waals surface area contributed by atoms with Crippen LogP contribution in [0.5, 0.6) is 5.75 Å². The summed E-state index contributed by atoms with van der Waals surface area (Å²) in [6.07, 6.45) is -0.924. The molecule has 5 nitrogen and oxygen atoms in total. The van der Waals surface area contributed by atoms with Crippen LogP contribution in [0.3, 0.4) is 0 Å². The van der Waals surface area contributed by atoms with Crippen molar-refractivity contribution >= 4 is 27.4 Å². The number of methoxy groups -OCH3 is 1. The summed E-state index contributed by atoms with van der Waals surface area (Å²) in [6.45, 7) is 1.50. The Morgan fingerprint density at radius 1 is 1.03 bits per heavy atom. The Balaban J connectivity index is 2.03. The Morgan fingerprint density at radius 3 is 2.37 bits per heavy atom. The van der Waals surface area contributed by atoms with Crippen LogP contribution in [0, 0.1) is 5.82 Å². The number of hydrogen-bond donors (Lipinski definition) is 0. The summed E-state index contributed by atoms with van der Waals surface area (Å²) in [5.41, 5.74) is 0.745. The lowest BCUT2D eigenvalue weighted by Crippen LogP contribution is -2.25. The van der Waals surface area contributed by atoms with E-state index in [1.807, 2.05) is 0 Å². The lowest BCUT2D eigenvalue weighted by atomic mass is 10.0. The van der Waals surface area contributed by atoms with Crippen LogP contribution in [0.2, 0.25) is 5.02 Å². The van der Waals surface area contributed by atoms with Gasteiger partial charge in [0, 0.05) is 5.56 Å². The summed E-state index contributed by atoms with van der Waals surface area (Å²) in [7, 11) is -2.58. The van der Waals surface area contributed by atoms with Gasteiger partial charge in [-0.1, -0.05) is 35.9 Å². The van der Waals surface area contributed by atoms with Crippen molar-refractivity contribution in [3.05, 3.63) is 77.6 Å². The number of esters is 1. The van der Waals surface area contributed by atoms with E-state index in [-0.39, 0.29) is 20.6 Å². The first kappa shape index (κ1) is 21.8. The highest BCUT2D eigenvalue weighted by molar-refractivity contribution is 7.91. The van der Waals surface area contributed by atoms with Crippen LogP contribution in [-0.4, -0.2) is 27.6 Å². The zero-order valence-electron chi connectivity index (χ0n) is 16.1. The predicted molar refractivity (Wildman–Crippen MR) is 111 cm³/mol. The van der Waals surface area contributed by atoms with E-state index in [4.69, 9.17) is 16.3 Å². The number of rotatable bonds is 6. The molecule has 0 aliphatic carbocycles. The molecule has 0 aromatic heterocycles. The molecule has 8 heteroatoms. The number of sulfone groups is 1. The summed E-state index contributed by atoms with van der Waals surface area (Å²) in [5.74, 6) is -0.892. The van der Waals surface area contributed by atoms with Crippen LogP contribution < -0.4 is 4.74 Å². The minimum absolute atomic E-state index is 0.0208. The number of ether oxygens (including phenoxy) is 2. The summed E-state index contributed by atoms with van der Waals surface area (Å²) in [6, 6.07) is 16.0. The summed E-state index contributed by atoms with van der Waals surface area (Å²) < 4.78 is 49.9. The third-order valence-electron chi connectivity index (χ3n) is 4.36. The molecule has 0 bridgehead atoms. The summed E-state index contributed by atoms with van der Waals surface area (Å²) in [4.78, 5) is 11.7. The largest absolute Gasteiger partial charge is 0.478 e. The Morgan fingerprint density at radius 2 is 1.73 bits per heavy atom. The molecule has 156 valence electrons. The molecule has 1 atom stereocenters. The Kier molecular flexibility index (Phi) is 6.43. The van der Waals surface area contributed by atoms with Crippen LogP contribution >= 0.6 is 11.6 Å². The van der Waals surface area contributed by atoms with Crippen molar-refractivity contribution in [2.75, 3.05) is 7.11 Å². The lowest BCUT2D eigenvalue weighted by Gasteiger charge is -2.16. The van der Waals surface area contributed by atoms with Gasteiger partial charge >= 0.3 is 5.97 Å². The third kappa shape index (κ3) is 4.47. The van der Waals surface area contributed by atoms with Gasteiger partial charge in [0.15, 0.2) is 6.10 Å². The van der Waals surface area contributed by atoms with Crippen molar-refractivity contribution in [1.82, 2.24) is 0 Å². The van der Waals surface area contributed by atoms with Crippen LogP contribution in [0.4, 0.5) is 4.39 Å². The Hall–Kier alpha value is -2.90. The average molecular weight is 449 g/mol. The van der Waals surface area contributed by atoms with E-state index in [1.165, 1.54) is 62.6 Å². The maximum atomic E-state index is 13.9. The minimum atomic E-state index is -3.82. The molecule has 0 aliphatic rings. The van der Waals surface area contributed by atoms with E-state index in [9.17, 15) is 17.6 Å². The zero-order valence-corrected chi connectivity index (χ0v) is 17.7. The number of carbonyl (C=O) groups is 1. The maximum absolute atomic E-state index is 13.9. The summed E-state index contributed by atoms with van der Waals surface area (Å²) >= 11 is 6.30. The monoisotopic (exact) mass is 448 g/mol. The van der Waals surface area contributed by atoms with Gasteiger partial charge in [0.2, 0.25) is 9.84 Å². The second kappa shape index (κ2) is 8.85. The highest BCUT2D eigenvalue weighted by atomic mass is 35.5. The SMILES string of the molecule is COC(=O)[C@H](C)Oc1ccc(F)cc1-c1ccc(S(=O)(=O)c2ccccc2)c(Cl)c1. The van der Waals surface area contributed by atoms with E-state index < -0.39 is 27.7 Å². The van der Waals surface area contributed by atoms with Gasteiger partial charge < -0.3 is 9.47 Å². The fourth-order valence-electron chi connectivity index (χ4n) is 2.85. The molecule has 0 aliphatic heterocycles. The zero-order chi connectivity index (χ0) is 21.9. The van der Waals surface area contributed by atoms with Crippen molar-refractivity contribution in [2.45, 2.75) is 22.8 Å². The normalized spacial score (nSPS) is 12.3. The fraction of sp³-hybridized carbons (Fsp3) is 0.136. The predicted octanol–water partition coefficient (Wildman–Crippen LogP) is 4.92. The average Bonchev–Trinajstić information content (AvgIpc) is 2.74. The molecular weight excluding hydrogens is 431 g/mol. The summed E-state index contributed by atoms with van der Waals surface area (Å²) in [5, 5.41) is -0.0208. The van der Waals surface area contributed by atoms with Gasteiger partial charge in [-0.3, -0.25) is 0 Å². The second-order valence-electron chi connectivity index (χ2n) is 6.39. The molecule has 0 fully saturated rings. The maximum Gasteiger partial charge on any atom is 0.346 e. The Labute approximate surface area is 178 Å². The molecule has 0 radical (unpaired) electrons. The standard InChI is InChI=1S/C22H18ClFO5S/c1-14(22(25)28-2)29-20-10-9-16(24)13-18(20)15-8-11-21(19(23)12-15)30(26,27)17-6-4-3-5-7-17/h3-14H,1-2H3/t14-/m0/s1. The number of hydrogen-bond acceptors (Lipinski definition) is 5. The first-order valence-corrected chi connectivity index (χ1v) is 10.7. The molecule has 0 heterocycles. The van der Waals surface area contributed by atoms with Crippen molar-refractivity contribution in [3.63, 3.8) is 0 Å². The third-order valence-corrected chi connectivity index (χ3v) is 6.62. The van der Waals surface area contributed by atoms with Gasteiger partial charge in [0.25, 0.3) is 0 Å². The lowest BCUT2D eigenvalue weighted by molar-refractivity contribution is -0.147. The van der Waals surface area contributed by atoms with Crippen molar-refractivity contribution in [3.8, 4) is 16.9 Å². The van der Waals surface area contributed by atoms with E-state index in [0.29, 0.717) is 11.1 Å². The van der Waals surface area contributed by atoms with Gasteiger partial charge in [0.1, 0.15) is 11.6 Å². The Bertz CT molecular complexity index is 1180. The molecule has 0 N–H and O–H groups in total. The topological polar surface area (TPSA) is 69.7 Å². The van der Waals surface area contributed by atoms with Gasteiger partial charge in [-0.2, -0.15) is 0 Å². The smallest absolute Gasteiger partial charge is 0.346 e. The molecule has 0 saturated heterocycles. The van der Waals surface area contributed by atoms with Gasteiger partial charge in [-0.05, 0) is 55.0 Å². The van der Waals surface area contributed by atoms with E-state index >= 15 is 0 Å². The molecule has 30 heavy (non-hydrogen) atoms. The molecule has 0 spiro atoms. The molecular formula is C22H18ClFO5S. The number of halogens is 2. The van der Waals surface area contributed by atoms with Gasteiger partial charge in [0.05, 0.1) is 21.9 Å². The molecule has 3 aromatic rings. The van der Waals surface area contributed by atoms with Crippen LogP contribution in [0.25, 0.3) is 11.1 Å². The first-order chi connectivity index (χ1) is 14.2. The fourth-order valence-corrected chi connectivity index (χ4v) is 4.67. The second-order valence-corrected chi connectivity index (χ2v) is 8.71. The molecule has 3 aromatic carbocycles. The van der Waals surface area contributed by atoms with E-state index in [1.54, 1.807) is 18.2 Å². The van der Waals surface area contributed by atoms with Crippen LogP contribution in [0.1, 0.15) is 6.92 Å². The minimum Gasteiger partial charge on any atom is -0.478 e. The highest BCUT2D eigenvalue weighted by Gasteiger charge is 2.22. The van der Waals surface area contributed by atoms with Crippen LogP contribution in [0.15, 0.2) is 76.5 Å². The van der Waals surface area contributed by atoms with Crippen LogP contribution in [-0.2, 0) is 19.4 Å².